The fraction of sp³-hybridized carbons (Fsp3) is 0.222. The topological polar surface area (TPSA) is 66.4 Å². The SMILES string of the molecule is Cc1ccc(C[C@@H](NC(=O)c2ccccc2)C(=O)O)cc1C. The molecule has 0 saturated carbocycles. The normalized spacial score (nSPS) is 11.7. The highest BCUT2D eigenvalue weighted by Crippen LogP contribution is 2.12. The molecule has 0 radical (unpaired) electrons. The molecule has 0 aliphatic heterocycles. The van der Waals surface area contributed by atoms with E-state index < -0.39 is 12.0 Å². The maximum absolute atomic E-state index is 12.1. The van der Waals surface area contributed by atoms with Crippen molar-refractivity contribution in [2.75, 3.05) is 0 Å². The van der Waals surface area contributed by atoms with Crippen molar-refractivity contribution in [3.63, 3.8) is 0 Å². The van der Waals surface area contributed by atoms with E-state index in [1.165, 1.54) is 0 Å². The first-order valence-corrected chi connectivity index (χ1v) is 7.12. The van der Waals surface area contributed by atoms with Crippen LogP contribution in [0.25, 0.3) is 0 Å². The van der Waals surface area contributed by atoms with Gasteiger partial charge in [-0.25, -0.2) is 4.79 Å². The van der Waals surface area contributed by atoms with E-state index in [0.717, 1.165) is 16.7 Å². The molecule has 4 nitrogen and oxygen atoms in total. The molecule has 0 spiro atoms. The lowest BCUT2D eigenvalue weighted by molar-refractivity contribution is -0.139. The van der Waals surface area contributed by atoms with Gasteiger partial charge in [-0.15, -0.1) is 0 Å². The summed E-state index contributed by atoms with van der Waals surface area (Å²) in [5.74, 6) is -1.42. The summed E-state index contributed by atoms with van der Waals surface area (Å²) in [6.45, 7) is 3.99. The average molecular weight is 297 g/mol. The Balaban J connectivity index is 2.12. The van der Waals surface area contributed by atoms with Gasteiger partial charge >= 0.3 is 5.97 Å². The van der Waals surface area contributed by atoms with Crippen molar-refractivity contribution in [1.29, 1.82) is 0 Å². The average Bonchev–Trinajstić information content (AvgIpc) is 2.51. The van der Waals surface area contributed by atoms with Gasteiger partial charge in [-0.3, -0.25) is 4.79 Å². The van der Waals surface area contributed by atoms with Crippen LogP contribution in [0.4, 0.5) is 0 Å². The van der Waals surface area contributed by atoms with E-state index in [2.05, 4.69) is 5.32 Å². The summed E-state index contributed by atoms with van der Waals surface area (Å²) in [4.78, 5) is 23.5. The number of carboxylic acids is 1. The molecule has 0 heterocycles. The molecular weight excluding hydrogens is 278 g/mol. The highest BCUT2D eigenvalue weighted by Gasteiger charge is 2.21. The number of carboxylic acid groups (broad SMARTS) is 1. The van der Waals surface area contributed by atoms with E-state index in [1.807, 2.05) is 32.0 Å². The Morgan fingerprint density at radius 3 is 2.32 bits per heavy atom. The van der Waals surface area contributed by atoms with Crippen molar-refractivity contribution in [2.24, 2.45) is 0 Å². The van der Waals surface area contributed by atoms with E-state index in [4.69, 9.17) is 0 Å². The second-order valence-electron chi connectivity index (χ2n) is 5.35. The Morgan fingerprint density at radius 2 is 1.73 bits per heavy atom. The van der Waals surface area contributed by atoms with Crippen LogP contribution in [0.5, 0.6) is 0 Å². The van der Waals surface area contributed by atoms with Gasteiger partial charge in [0.05, 0.1) is 0 Å². The van der Waals surface area contributed by atoms with Gasteiger partial charge < -0.3 is 10.4 Å². The van der Waals surface area contributed by atoms with Crippen molar-refractivity contribution in [1.82, 2.24) is 5.32 Å². The Labute approximate surface area is 129 Å². The number of rotatable bonds is 5. The van der Waals surface area contributed by atoms with Crippen molar-refractivity contribution in [3.05, 3.63) is 70.8 Å². The summed E-state index contributed by atoms with van der Waals surface area (Å²) in [7, 11) is 0. The minimum atomic E-state index is -1.04. The van der Waals surface area contributed by atoms with Crippen LogP contribution in [0.1, 0.15) is 27.0 Å². The second-order valence-corrected chi connectivity index (χ2v) is 5.35. The molecule has 0 saturated heterocycles. The molecule has 0 aliphatic rings. The molecule has 1 amide bonds. The third-order valence-electron chi connectivity index (χ3n) is 3.65. The molecule has 114 valence electrons. The smallest absolute Gasteiger partial charge is 0.326 e. The predicted molar refractivity (Wildman–Crippen MR) is 85.0 cm³/mol. The van der Waals surface area contributed by atoms with Crippen LogP contribution in [-0.2, 0) is 11.2 Å². The van der Waals surface area contributed by atoms with E-state index in [1.54, 1.807) is 30.3 Å². The van der Waals surface area contributed by atoms with Gasteiger partial charge in [0.15, 0.2) is 0 Å². The van der Waals surface area contributed by atoms with Gasteiger partial charge in [0, 0.05) is 12.0 Å². The molecule has 2 N–H and O–H groups in total. The molecule has 1 atom stereocenters. The van der Waals surface area contributed by atoms with Crippen LogP contribution in [0.15, 0.2) is 48.5 Å². The van der Waals surface area contributed by atoms with Crippen molar-refractivity contribution in [3.8, 4) is 0 Å². The van der Waals surface area contributed by atoms with Crippen LogP contribution >= 0.6 is 0 Å². The van der Waals surface area contributed by atoms with Gasteiger partial charge in [0.1, 0.15) is 6.04 Å². The standard InChI is InChI=1S/C18H19NO3/c1-12-8-9-14(10-13(12)2)11-16(18(21)22)19-17(20)15-6-4-3-5-7-15/h3-10,16H,11H2,1-2H3,(H,19,20)(H,21,22)/t16-/m1/s1. The quantitative estimate of drug-likeness (QED) is 0.891. The fourth-order valence-corrected chi connectivity index (χ4v) is 2.20. The van der Waals surface area contributed by atoms with Crippen LogP contribution in [0.3, 0.4) is 0 Å². The number of aryl methyl sites for hydroxylation is 2. The minimum Gasteiger partial charge on any atom is -0.480 e. The Morgan fingerprint density at radius 1 is 1.05 bits per heavy atom. The third-order valence-corrected chi connectivity index (χ3v) is 3.65. The zero-order valence-corrected chi connectivity index (χ0v) is 12.7. The summed E-state index contributed by atoms with van der Waals surface area (Å²) in [5.41, 5.74) is 3.61. The third kappa shape index (κ3) is 3.95. The molecule has 0 aliphatic carbocycles. The molecule has 0 unspecified atom stereocenters. The maximum atomic E-state index is 12.1. The lowest BCUT2D eigenvalue weighted by Crippen LogP contribution is -2.42. The van der Waals surface area contributed by atoms with Crippen molar-refractivity contribution < 1.29 is 14.7 Å². The molecule has 4 heteroatoms. The first-order chi connectivity index (χ1) is 10.5. The van der Waals surface area contributed by atoms with E-state index >= 15 is 0 Å². The summed E-state index contributed by atoms with van der Waals surface area (Å²) in [6.07, 6.45) is 0.259. The summed E-state index contributed by atoms with van der Waals surface area (Å²) >= 11 is 0. The number of amides is 1. The lowest BCUT2D eigenvalue weighted by atomic mass is 10.0. The molecule has 0 bridgehead atoms. The van der Waals surface area contributed by atoms with Gasteiger partial charge in [-0.05, 0) is 42.7 Å². The van der Waals surface area contributed by atoms with E-state index in [-0.39, 0.29) is 12.3 Å². The first kappa shape index (κ1) is 15.8. The van der Waals surface area contributed by atoms with Crippen LogP contribution in [0, 0.1) is 13.8 Å². The monoisotopic (exact) mass is 297 g/mol. The Kier molecular flexibility index (Phi) is 4.94. The number of carbonyl (C=O) groups excluding carboxylic acids is 1. The maximum Gasteiger partial charge on any atom is 0.326 e. The molecule has 2 rings (SSSR count). The number of hydrogen-bond donors (Lipinski definition) is 2. The van der Waals surface area contributed by atoms with Crippen LogP contribution in [0.2, 0.25) is 0 Å². The summed E-state index contributed by atoms with van der Waals surface area (Å²) < 4.78 is 0. The predicted octanol–water partition coefficient (Wildman–Crippen LogP) is 2.73. The number of benzene rings is 2. The molecule has 2 aromatic carbocycles. The zero-order valence-electron chi connectivity index (χ0n) is 12.7. The van der Waals surface area contributed by atoms with Crippen LogP contribution in [-0.4, -0.2) is 23.0 Å². The minimum absolute atomic E-state index is 0.259. The van der Waals surface area contributed by atoms with E-state index in [0.29, 0.717) is 5.56 Å². The lowest BCUT2D eigenvalue weighted by Gasteiger charge is -2.15. The van der Waals surface area contributed by atoms with Gasteiger partial charge in [0.25, 0.3) is 5.91 Å². The van der Waals surface area contributed by atoms with Gasteiger partial charge in [-0.1, -0.05) is 36.4 Å². The molecule has 22 heavy (non-hydrogen) atoms. The molecule has 0 fully saturated rings. The Bertz CT molecular complexity index is 680. The van der Waals surface area contributed by atoms with Crippen molar-refractivity contribution in [2.45, 2.75) is 26.3 Å². The van der Waals surface area contributed by atoms with Gasteiger partial charge in [0.2, 0.25) is 0 Å². The highest BCUT2D eigenvalue weighted by molar-refractivity contribution is 5.96. The number of hydrogen-bond acceptors (Lipinski definition) is 2. The Hall–Kier alpha value is -2.62. The molecular formula is C18H19NO3. The summed E-state index contributed by atoms with van der Waals surface area (Å²) in [5, 5.41) is 11.9. The zero-order chi connectivity index (χ0) is 16.1. The fourth-order valence-electron chi connectivity index (χ4n) is 2.20. The van der Waals surface area contributed by atoms with Crippen LogP contribution < -0.4 is 5.32 Å². The highest BCUT2D eigenvalue weighted by atomic mass is 16.4. The van der Waals surface area contributed by atoms with Crippen molar-refractivity contribution >= 4 is 11.9 Å². The molecule has 0 aromatic heterocycles. The second kappa shape index (κ2) is 6.89. The largest absolute Gasteiger partial charge is 0.480 e. The summed E-state index contributed by atoms with van der Waals surface area (Å²) in [6, 6.07) is 13.5. The number of nitrogens with one attached hydrogen (secondary N) is 1. The molecule has 2 aromatic rings. The first-order valence-electron chi connectivity index (χ1n) is 7.12. The van der Waals surface area contributed by atoms with Gasteiger partial charge in [-0.2, -0.15) is 0 Å². The van der Waals surface area contributed by atoms with E-state index in [9.17, 15) is 14.7 Å². The number of carbonyl (C=O) groups is 2. The number of aliphatic carboxylic acids is 1.